The number of carbonyl (C=O) groups is 4. The molecule has 0 heterocycles. The topological polar surface area (TPSA) is 86.7 Å². The largest absolute Gasteiger partial charge is 0.426 e. The Morgan fingerprint density at radius 1 is 0.714 bits per heavy atom. The standard InChI is InChI=1S/C20H14I2O6/c21-9-7-15(23)27-13-5-6-14(28-16(24)8-10-22)18-17(13)19(25)11-3-1-2-4-12(11)20(18)26/h1-6H,7-10H2. The van der Waals surface area contributed by atoms with Gasteiger partial charge in [-0.3, -0.25) is 19.2 Å². The Bertz CT molecular complexity index is 905. The number of esters is 2. The van der Waals surface area contributed by atoms with E-state index >= 15 is 0 Å². The van der Waals surface area contributed by atoms with Crippen molar-refractivity contribution in [3.63, 3.8) is 0 Å². The number of ether oxygens (including phenoxy) is 2. The molecule has 144 valence electrons. The predicted molar refractivity (Wildman–Crippen MR) is 118 cm³/mol. The summed E-state index contributed by atoms with van der Waals surface area (Å²) >= 11 is 4.08. The molecule has 6 nitrogen and oxygen atoms in total. The molecule has 8 heteroatoms. The monoisotopic (exact) mass is 604 g/mol. The Balaban J connectivity index is 2.15. The lowest BCUT2D eigenvalue weighted by Crippen LogP contribution is -2.24. The van der Waals surface area contributed by atoms with Crippen LogP contribution >= 0.6 is 45.2 Å². The van der Waals surface area contributed by atoms with Crippen molar-refractivity contribution >= 4 is 68.7 Å². The number of ketones is 2. The molecular formula is C20H14I2O6. The maximum absolute atomic E-state index is 13.1. The molecule has 2 aromatic carbocycles. The molecule has 0 atom stereocenters. The Morgan fingerprint density at radius 2 is 1.11 bits per heavy atom. The summed E-state index contributed by atoms with van der Waals surface area (Å²) in [5, 5.41) is 0. The second-order valence-corrected chi connectivity index (χ2v) is 8.00. The van der Waals surface area contributed by atoms with Gasteiger partial charge >= 0.3 is 11.9 Å². The van der Waals surface area contributed by atoms with Crippen LogP contribution in [0.3, 0.4) is 0 Å². The van der Waals surface area contributed by atoms with Crippen LogP contribution in [-0.4, -0.2) is 32.4 Å². The lowest BCUT2D eigenvalue weighted by Gasteiger charge is -2.22. The zero-order chi connectivity index (χ0) is 20.3. The van der Waals surface area contributed by atoms with E-state index in [0.29, 0.717) is 8.86 Å². The zero-order valence-electron chi connectivity index (χ0n) is 14.5. The maximum atomic E-state index is 13.1. The predicted octanol–water partition coefficient (Wildman–Crippen LogP) is 3.92. The number of rotatable bonds is 6. The number of benzene rings is 2. The van der Waals surface area contributed by atoms with Gasteiger partial charge < -0.3 is 9.47 Å². The van der Waals surface area contributed by atoms with Gasteiger partial charge in [0.05, 0.1) is 24.0 Å². The van der Waals surface area contributed by atoms with Crippen LogP contribution in [0.4, 0.5) is 0 Å². The molecule has 0 amide bonds. The Hall–Kier alpha value is -1.82. The molecule has 0 aliphatic heterocycles. The Labute approximate surface area is 188 Å². The number of hydrogen-bond donors (Lipinski definition) is 0. The van der Waals surface area contributed by atoms with E-state index in [1.165, 1.54) is 12.1 Å². The van der Waals surface area contributed by atoms with Crippen molar-refractivity contribution in [3.8, 4) is 11.5 Å². The first-order valence-electron chi connectivity index (χ1n) is 8.36. The van der Waals surface area contributed by atoms with Crippen molar-refractivity contribution in [3.05, 3.63) is 58.7 Å². The first kappa shape index (κ1) is 20.9. The van der Waals surface area contributed by atoms with Gasteiger partial charge in [-0.2, -0.15) is 0 Å². The van der Waals surface area contributed by atoms with Crippen LogP contribution in [0.5, 0.6) is 11.5 Å². The van der Waals surface area contributed by atoms with Crippen LogP contribution in [0.1, 0.15) is 44.7 Å². The third-order valence-electron chi connectivity index (χ3n) is 4.04. The zero-order valence-corrected chi connectivity index (χ0v) is 18.8. The second-order valence-electron chi connectivity index (χ2n) is 5.84. The summed E-state index contributed by atoms with van der Waals surface area (Å²) in [5.74, 6) is -1.93. The van der Waals surface area contributed by atoms with Gasteiger partial charge in [0.1, 0.15) is 11.5 Å². The third-order valence-corrected chi connectivity index (χ3v) is 5.12. The summed E-state index contributed by atoms with van der Waals surface area (Å²) in [6, 6.07) is 9.17. The van der Waals surface area contributed by atoms with Crippen LogP contribution in [0, 0.1) is 0 Å². The van der Waals surface area contributed by atoms with Crippen LogP contribution in [0.25, 0.3) is 0 Å². The average molecular weight is 604 g/mol. The molecule has 0 saturated heterocycles. The first-order valence-corrected chi connectivity index (χ1v) is 11.4. The second kappa shape index (κ2) is 9.12. The highest BCUT2D eigenvalue weighted by molar-refractivity contribution is 14.1. The summed E-state index contributed by atoms with van der Waals surface area (Å²) in [6.07, 6.45) is 0.334. The average Bonchev–Trinajstić information content (AvgIpc) is 2.67. The van der Waals surface area contributed by atoms with Crippen molar-refractivity contribution in [1.82, 2.24) is 0 Å². The van der Waals surface area contributed by atoms with Gasteiger partial charge in [0.15, 0.2) is 11.6 Å². The summed E-state index contributed by atoms with van der Waals surface area (Å²) in [6.45, 7) is 0. The number of halogens is 2. The van der Waals surface area contributed by atoms with Crippen molar-refractivity contribution in [1.29, 1.82) is 0 Å². The van der Waals surface area contributed by atoms with Crippen molar-refractivity contribution in [2.45, 2.75) is 12.8 Å². The lowest BCUT2D eigenvalue weighted by molar-refractivity contribution is -0.135. The number of hydrogen-bond acceptors (Lipinski definition) is 6. The maximum Gasteiger partial charge on any atom is 0.311 e. The SMILES string of the molecule is O=C(CCI)Oc1ccc(OC(=O)CCI)c2c1C(=O)c1ccccc1C2=O. The van der Waals surface area contributed by atoms with E-state index < -0.39 is 23.5 Å². The smallest absolute Gasteiger partial charge is 0.311 e. The Kier molecular flexibility index (Phi) is 6.81. The highest BCUT2D eigenvalue weighted by Crippen LogP contribution is 2.39. The summed E-state index contributed by atoms with van der Waals surface area (Å²) in [5.41, 5.74) is 0.347. The van der Waals surface area contributed by atoms with Crippen molar-refractivity contribution < 1.29 is 28.7 Å². The van der Waals surface area contributed by atoms with E-state index in [1.807, 2.05) is 45.2 Å². The van der Waals surface area contributed by atoms with E-state index in [1.54, 1.807) is 24.3 Å². The van der Waals surface area contributed by atoms with E-state index in [0.717, 1.165) is 0 Å². The minimum Gasteiger partial charge on any atom is -0.426 e. The summed E-state index contributed by atoms with van der Waals surface area (Å²) in [4.78, 5) is 50.1. The normalized spacial score (nSPS) is 12.2. The molecule has 3 rings (SSSR count). The van der Waals surface area contributed by atoms with Gasteiger partial charge in [0, 0.05) is 20.0 Å². The quantitative estimate of drug-likeness (QED) is 0.184. The highest BCUT2D eigenvalue weighted by atomic mass is 127. The number of fused-ring (bicyclic) bond motifs is 2. The van der Waals surface area contributed by atoms with E-state index in [9.17, 15) is 19.2 Å². The molecule has 28 heavy (non-hydrogen) atoms. The molecule has 0 unspecified atom stereocenters. The molecule has 0 spiro atoms. The molecule has 0 aromatic heterocycles. The van der Waals surface area contributed by atoms with Crippen molar-refractivity contribution in [2.75, 3.05) is 8.86 Å². The third kappa shape index (κ3) is 4.12. The van der Waals surface area contributed by atoms with Crippen LogP contribution in [-0.2, 0) is 9.59 Å². The van der Waals surface area contributed by atoms with Gasteiger partial charge in [-0.05, 0) is 12.1 Å². The fourth-order valence-electron chi connectivity index (χ4n) is 2.84. The molecule has 0 fully saturated rings. The minimum absolute atomic E-state index is 0.00797. The molecule has 0 N–H and O–H groups in total. The lowest BCUT2D eigenvalue weighted by atomic mass is 9.83. The molecule has 2 aromatic rings. The van der Waals surface area contributed by atoms with Crippen LogP contribution in [0.2, 0.25) is 0 Å². The molecule has 0 radical (unpaired) electrons. The summed E-state index contributed by atoms with van der Waals surface area (Å²) in [7, 11) is 0. The van der Waals surface area contributed by atoms with Crippen LogP contribution < -0.4 is 9.47 Å². The van der Waals surface area contributed by atoms with Crippen molar-refractivity contribution in [2.24, 2.45) is 0 Å². The van der Waals surface area contributed by atoms with Gasteiger partial charge in [-0.15, -0.1) is 0 Å². The molecule has 0 bridgehead atoms. The highest BCUT2D eigenvalue weighted by Gasteiger charge is 2.36. The fraction of sp³-hybridized carbons (Fsp3) is 0.200. The number of carbonyl (C=O) groups excluding carboxylic acids is 4. The molecule has 1 aliphatic rings. The first-order chi connectivity index (χ1) is 13.5. The van der Waals surface area contributed by atoms with Gasteiger partial charge in [0.25, 0.3) is 0 Å². The van der Waals surface area contributed by atoms with Crippen LogP contribution in [0.15, 0.2) is 36.4 Å². The van der Waals surface area contributed by atoms with Gasteiger partial charge in [-0.1, -0.05) is 69.4 Å². The van der Waals surface area contributed by atoms with Gasteiger partial charge in [0.2, 0.25) is 0 Å². The minimum atomic E-state index is -0.509. The number of alkyl halides is 2. The molecular weight excluding hydrogens is 590 g/mol. The van der Waals surface area contributed by atoms with E-state index in [2.05, 4.69) is 0 Å². The van der Waals surface area contributed by atoms with E-state index in [-0.39, 0.29) is 46.6 Å². The van der Waals surface area contributed by atoms with Gasteiger partial charge in [-0.25, -0.2) is 0 Å². The summed E-state index contributed by atoms with van der Waals surface area (Å²) < 4.78 is 11.8. The Morgan fingerprint density at radius 3 is 1.46 bits per heavy atom. The van der Waals surface area contributed by atoms with E-state index in [4.69, 9.17) is 9.47 Å². The fourth-order valence-corrected chi connectivity index (χ4v) is 3.72. The molecule has 0 saturated carbocycles. The molecule has 1 aliphatic carbocycles.